The quantitative estimate of drug-likeness (QED) is 0.594. The van der Waals surface area contributed by atoms with Crippen molar-refractivity contribution in [1.29, 1.82) is 0 Å². The Morgan fingerprint density at radius 3 is 2.50 bits per heavy atom. The van der Waals surface area contributed by atoms with E-state index < -0.39 is 11.6 Å². The van der Waals surface area contributed by atoms with Crippen LogP contribution in [0, 0.1) is 0 Å². The SMILES string of the molecule is CN1CCCN(C(=O)CN2C(=O)NC3(CCc4ccccc43)C2=O)c2nc3ccccc3nc21. The second-order valence-electron chi connectivity index (χ2n) is 9.06. The first-order chi connectivity index (χ1) is 16.5. The summed E-state index contributed by atoms with van der Waals surface area (Å²) < 4.78 is 0. The molecule has 0 saturated carbocycles. The van der Waals surface area contributed by atoms with Gasteiger partial charge in [0.05, 0.1) is 11.0 Å². The van der Waals surface area contributed by atoms with Crippen LogP contribution in [0.5, 0.6) is 0 Å². The van der Waals surface area contributed by atoms with Crippen LogP contribution in [0.2, 0.25) is 0 Å². The van der Waals surface area contributed by atoms with Crippen molar-refractivity contribution in [3.8, 4) is 0 Å². The van der Waals surface area contributed by atoms with Crippen molar-refractivity contribution in [3.05, 3.63) is 59.7 Å². The summed E-state index contributed by atoms with van der Waals surface area (Å²) >= 11 is 0. The zero-order valence-corrected chi connectivity index (χ0v) is 18.8. The van der Waals surface area contributed by atoms with Crippen LogP contribution in [-0.4, -0.2) is 59.4 Å². The standard InChI is InChI=1S/C25H24N6O3/c1-29-13-6-14-30(22-21(29)26-18-9-4-5-10-19(18)27-22)20(32)15-31-23(33)25(28-24(31)34)12-11-16-7-2-3-8-17(16)25/h2-5,7-10H,6,11-15H2,1H3,(H,28,34). The Bertz CT molecular complexity index is 1360. The number of nitrogens with one attached hydrogen (secondary N) is 1. The topological polar surface area (TPSA) is 98.7 Å². The lowest BCUT2D eigenvalue weighted by atomic mass is 9.92. The molecule has 1 saturated heterocycles. The van der Waals surface area contributed by atoms with Crippen molar-refractivity contribution >= 4 is 40.5 Å². The number of rotatable bonds is 2. The van der Waals surface area contributed by atoms with E-state index in [1.165, 1.54) is 0 Å². The normalized spacial score (nSPS) is 21.6. The molecular weight excluding hydrogens is 432 g/mol. The van der Waals surface area contributed by atoms with Crippen molar-refractivity contribution in [3.63, 3.8) is 0 Å². The van der Waals surface area contributed by atoms with E-state index >= 15 is 0 Å². The Balaban J connectivity index is 1.32. The molecule has 4 amide bonds. The number of imide groups is 1. The van der Waals surface area contributed by atoms with E-state index in [0.717, 1.165) is 21.5 Å². The molecule has 0 bridgehead atoms. The minimum absolute atomic E-state index is 0.341. The number of carbonyl (C=O) groups is 3. The van der Waals surface area contributed by atoms with Gasteiger partial charge in [-0.25, -0.2) is 14.8 Å². The molecule has 9 nitrogen and oxygen atoms in total. The molecule has 1 aliphatic carbocycles. The fourth-order valence-electron chi connectivity index (χ4n) is 5.29. The minimum atomic E-state index is -1.08. The van der Waals surface area contributed by atoms with E-state index in [0.29, 0.717) is 49.5 Å². The number of aryl methyl sites for hydroxylation is 1. The molecule has 1 fully saturated rings. The van der Waals surface area contributed by atoms with Crippen LogP contribution < -0.4 is 15.1 Å². The van der Waals surface area contributed by atoms with Crippen LogP contribution in [0.1, 0.15) is 24.0 Å². The molecule has 9 heteroatoms. The first-order valence-electron chi connectivity index (χ1n) is 11.5. The molecule has 2 aliphatic heterocycles. The molecule has 3 heterocycles. The Morgan fingerprint density at radius 2 is 1.71 bits per heavy atom. The number of nitrogens with zero attached hydrogens (tertiary/aromatic N) is 5. The van der Waals surface area contributed by atoms with Gasteiger partial charge in [0.2, 0.25) is 5.91 Å². The predicted octanol–water partition coefficient (Wildman–Crippen LogP) is 2.20. The molecule has 3 aromatic rings. The van der Waals surface area contributed by atoms with Gasteiger partial charge in [-0.05, 0) is 42.5 Å². The van der Waals surface area contributed by atoms with Gasteiger partial charge in [0.15, 0.2) is 11.6 Å². The maximum Gasteiger partial charge on any atom is 0.325 e. The van der Waals surface area contributed by atoms with E-state index in [-0.39, 0.29) is 18.4 Å². The Kier molecular flexibility index (Phi) is 4.55. The van der Waals surface area contributed by atoms with Gasteiger partial charge in [0, 0.05) is 20.1 Å². The maximum absolute atomic E-state index is 13.5. The number of para-hydroxylation sites is 2. The van der Waals surface area contributed by atoms with E-state index in [1.54, 1.807) is 4.90 Å². The number of carbonyl (C=O) groups excluding carboxylic acids is 3. The molecule has 1 N–H and O–H groups in total. The molecule has 34 heavy (non-hydrogen) atoms. The van der Waals surface area contributed by atoms with Crippen LogP contribution in [0.25, 0.3) is 11.0 Å². The predicted molar refractivity (Wildman–Crippen MR) is 126 cm³/mol. The zero-order chi connectivity index (χ0) is 23.4. The Morgan fingerprint density at radius 1 is 1.00 bits per heavy atom. The third-order valence-corrected chi connectivity index (χ3v) is 7.04. The third-order valence-electron chi connectivity index (χ3n) is 7.04. The maximum atomic E-state index is 13.5. The number of amides is 4. The Labute approximate surface area is 196 Å². The van der Waals surface area contributed by atoms with Crippen LogP contribution in [0.15, 0.2) is 48.5 Å². The molecule has 172 valence electrons. The molecule has 1 atom stereocenters. The lowest BCUT2D eigenvalue weighted by Crippen LogP contribution is -2.45. The smallest absolute Gasteiger partial charge is 0.325 e. The van der Waals surface area contributed by atoms with Crippen molar-refractivity contribution in [2.45, 2.75) is 24.8 Å². The minimum Gasteiger partial charge on any atom is -0.357 e. The van der Waals surface area contributed by atoms with Crippen molar-refractivity contribution in [2.24, 2.45) is 0 Å². The summed E-state index contributed by atoms with van der Waals surface area (Å²) in [7, 11) is 1.93. The highest BCUT2D eigenvalue weighted by atomic mass is 16.2. The van der Waals surface area contributed by atoms with Crippen LogP contribution in [0.4, 0.5) is 16.4 Å². The summed E-state index contributed by atoms with van der Waals surface area (Å²) in [6, 6.07) is 14.6. The number of hydrogen-bond donors (Lipinski definition) is 1. The number of benzene rings is 2. The number of hydrogen-bond acceptors (Lipinski definition) is 6. The average molecular weight is 457 g/mol. The fraction of sp³-hybridized carbons (Fsp3) is 0.320. The molecule has 6 rings (SSSR count). The summed E-state index contributed by atoms with van der Waals surface area (Å²) in [5.74, 6) is 0.347. The molecular formula is C25H24N6O3. The number of aromatic nitrogens is 2. The molecule has 2 aromatic carbocycles. The summed E-state index contributed by atoms with van der Waals surface area (Å²) in [5.41, 5.74) is 2.23. The van der Waals surface area contributed by atoms with E-state index in [1.807, 2.05) is 60.5 Å². The Hall–Kier alpha value is -4.01. The molecule has 1 spiro atoms. The van der Waals surface area contributed by atoms with Gasteiger partial charge in [-0.15, -0.1) is 0 Å². The van der Waals surface area contributed by atoms with E-state index in [2.05, 4.69) is 5.32 Å². The third kappa shape index (κ3) is 2.96. The highest BCUT2D eigenvalue weighted by molar-refractivity contribution is 6.11. The first kappa shape index (κ1) is 20.6. The highest BCUT2D eigenvalue weighted by Gasteiger charge is 2.55. The van der Waals surface area contributed by atoms with Crippen molar-refractivity contribution in [2.75, 3.05) is 36.5 Å². The van der Waals surface area contributed by atoms with Gasteiger partial charge < -0.3 is 10.2 Å². The van der Waals surface area contributed by atoms with Crippen LogP contribution in [0.3, 0.4) is 0 Å². The number of fused-ring (bicyclic) bond motifs is 4. The first-order valence-corrected chi connectivity index (χ1v) is 11.5. The van der Waals surface area contributed by atoms with Gasteiger partial charge >= 0.3 is 6.03 Å². The van der Waals surface area contributed by atoms with E-state index in [9.17, 15) is 14.4 Å². The molecule has 1 aromatic heterocycles. The van der Waals surface area contributed by atoms with Gasteiger partial charge in [-0.1, -0.05) is 36.4 Å². The summed E-state index contributed by atoms with van der Waals surface area (Å²) in [6.07, 6.45) is 1.92. The van der Waals surface area contributed by atoms with Gasteiger partial charge in [0.1, 0.15) is 12.1 Å². The monoisotopic (exact) mass is 456 g/mol. The van der Waals surface area contributed by atoms with E-state index in [4.69, 9.17) is 9.97 Å². The van der Waals surface area contributed by atoms with Crippen molar-refractivity contribution < 1.29 is 14.4 Å². The van der Waals surface area contributed by atoms with Crippen molar-refractivity contribution in [1.82, 2.24) is 20.2 Å². The molecule has 0 radical (unpaired) electrons. The fourth-order valence-corrected chi connectivity index (χ4v) is 5.29. The average Bonchev–Trinajstić information content (AvgIpc) is 3.27. The summed E-state index contributed by atoms with van der Waals surface area (Å²) in [5, 5.41) is 2.89. The van der Waals surface area contributed by atoms with Gasteiger partial charge in [0.25, 0.3) is 5.91 Å². The largest absolute Gasteiger partial charge is 0.357 e. The second-order valence-corrected chi connectivity index (χ2v) is 9.06. The highest BCUT2D eigenvalue weighted by Crippen LogP contribution is 2.41. The zero-order valence-electron chi connectivity index (χ0n) is 18.8. The van der Waals surface area contributed by atoms with Crippen LogP contribution >= 0.6 is 0 Å². The number of anilines is 2. The number of urea groups is 1. The van der Waals surface area contributed by atoms with Crippen LogP contribution in [-0.2, 0) is 21.5 Å². The molecule has 3 aliphatic rings. The lowest BCUT2D eigenvalue weighted by Gasteiger charge is -2.25. The second kappa shape index (κ2) is 7.51. The lowest BCUT2D eigenvalue weighted by molar-refractivity contribution is -0.134. The summed E-state index contributed by atoms with van der Waals surface area (Å²) in [4.78, 5) is 54.0. The molecule has 1 unspecified atom stereocenters. The van der Waals surface area contributed by atoms with Gasteiger partial charge in [-0.3, -0.25) is 19.4 Å². The van der Waals surface area contributed by atoms with Gasteiger partial charge in [-0.2, -0.15) is 0 Å². The summed E-state index contributed by atoms with van der Waals surface area (Å²) in [6.45, 7) is 0.805.